The van der Waals surface area contributed by atoms with Crippen LogP contribution in [-0.2, 0) is 6.42 Å². The van der Waals surface area contributed by atoms with Crippen LogP contribution in [0, 0.1) is 6.92 Å². The van der Waals surface area contributed by atoms with Gasteiger partial charge in [0.25, 0.3) is 0 Å². The van der Waals surface area contributed by atoms with Gasteiger partial charge < -0.3 is 5.73 Å². The van der Waals surface area contributed by atoms with Gasteiger partial charge in [0.15, 0.2) is 5.65 Å². The number of pyridine rings is 1. The Hall–Kier alpha value is -1.88. The second-order valence-electron chi connectivity index (χ2n) is 4.77. The highest BCUT2D eigenvalue weighted by Crippen LogP contribution is 2.26. The predicted molar refractivity (Wildman–Crippen MR) is 79.4 cm³/mol. The van der Waals surface area contributed by atoms with E-state index in [1.54, 1.807) is 11.3 Å². The van der Waals surface area contributed by atoms with Gasteiger partial charge in [0.1, 0.15) is 5.52 Å². The molecule has 3 aromatic heterocycles. The molecule has 0 bridgehead atoms. The van der Waals surface area contributed by atoms with Crippen LogP contribution in [-0.4, -0.2) is 14.5 Å². The van der Waals surface area contributed by atoms with E-state index < -0.39 is 0 Å². The number of nitrogens with two attached hydrogens (primary N) is 1. The lowest BCUT2D eigenvalue weighted by Gasteiger charge is -2.14. The minimum Gasteiger partial charge on any atom is -0.369 e. The molecule has 0 aliphatic carbocycles. The van der Waals surface area contributed by atoms with Crippen LogP contribution in [0.15, 0.2) is 29.8 Å². The van der Waals surface area contributed by atoms with Crippen molar-refractivity contribution in [2.45, 2.75) is 26.3 Å². The Morgan fingerprint density at radius 2 is 2.26 bits per heavy atom. The molecule has 1 unspecified atom stereocenters. The van der Waals surface area contributed by atoms with Crippen LogP contribution in [0.4, 0.5) is 5.95 Å². The van der Waals surface area contributed by atoms with Crippen LogP contribution in [0.5, 0.6) is 0 Å². The molecule has 0 saturated heterocycles. The monoisotopic (exact) mass is 272 g/mol. The first-order valence-electron chi connectivity index (χ1n) is 6.28. The smallest absolute Gasteiger partial charge is 0.202 e. The minimum atomic E-state index is 0.248. The van der Waals surface area contributed by atoms with E-state index in [9.17, 15) is 0 Å². The van der Waals surface area contributed by atoms with Crippen molar-refractivity contribution in [2.24, 2.45) is 0 Å². The van der Waals surface area contributed by atoms with Gasteiger partial charge in [0.2, 0.25) is 5.95 Å². The number of nitrogens with zero attached hydrogens (tertiary/aromatic N) is 3. The Labute approximate surface area is 115 Å². The number of aryl methyl sites for hydroxylation is 1. The van der Waals surface area contributed by atoms with E-state index in [1.807, 2.05) is 23.8 Å². The van der Waals surface area contributed by atoms with E-state index in [0.29, 0.717) is 5.95 Å². The number of anilines is 1. The van der Waals surface area contributed by atoms with Crippen molar-refractivity contribution in [3.05, 3.63) is 40.2 Å². The summed E-state index contributed by atoms with van der Waals surface area (Å²) in [5.41, 5.74) is 8.95. The standard InChI is InChI=1S/C14H16N4S/c1-9-5-6-16-13-12(9)17-14(15)18(13)10(2)8-11-4-3-7-19-11/h3-7,10H,8H2,1-2H3,(H2,15,17). The second kappa shape index (κ2) is 4.66. The zero-order chi connectivity index (χ0) is 13.4. The van der Waals surface area contributed by atoms with Gasteiger partial charge >= 0.3 is 0 Å². The fourth-order valence-electron chi connectivity index (χ4n) is 2.37. The van der Waals surface area contributed by atoms with Crippen molar-refractivity contribution in [1.29, 1.82) is 0 Å². The molecule has 3 aromatic rings. The number of imidazole rings is 1. The molecule has 0 radical (unpaired) electrons. The molecular formula is C14H16N4S. The van der Waals surface area contributed by atoms with Gasteiger partial charge in [0, 0.05) is 23.5 Å². The summed E-state index contributed by atoms with van der Waals surface area (Å²) in [4.78, 5) is 10.2. The Morgan fingerprint density at radius 1 is 1.42 bits per heavy atom. The average Bonchev–Trinajstić information content (AvgIpc) is 2.96. The topological polar surface area (TPSA) is 56.7 Å². The summed E-state index contributed by atoms with van der Waals surface area (Å²) in [7, 11) is 0. The molecule has 4 nitrogen and oxygen atoms in total. The Balaban J connectivity index is 2.04. The molecule has 2 N–H and O–H groups in total. The Kier molecular flexibility index (Phi) is 2.98. The molecule has 0 amide bonds. The van der Waals surface area contributed by atoms with E-state index >= 15 is 0 Å². The van der Waals surface area contributed by atoms with Gasteiger partial charge in [-0.3, -0.25) is 4.57 Å². The quantitative estimate of drug-likeness (QED) is 0.796. The number of fused-ring (bicyclic) bond motifs is 1. The van der Waals surface area contributed by atoms with Gasteiger partial charge in [-0.2, -0.15) is 0 Å². The normalized spacial score (nSPS) is 12.9. The Morgan fingerprint density at radius 3 is 3.00 bits per heavy atom. The molecule has 0 spiro atoms. The van der Waals surface area contributed by atoms with Crippen molar-refractivity contribution in [3.8, 4) is 0 Å². The highest BCUT2D eigenvalue weighted by Gasteiger charge is 2.16. The van der Waals surface area contributed by atoms with Crippen molar-refractivity contribution >= 4 is 28.4 Å². The fraction of sp³-hybridized carbons (Fsp3) is 0.286. The fourth-order valence-corrected chi connectivity index (χ4v) is 3.20. The third-order valence-corrected chi connectivity index (χ3v) is 4.22. The summed E-state index contributed by atoms with van der Waals surface area (Å²) in [5, 5.41) is 2.10. The molecular weight excluding hydrogens is 256 g/mol. The third kappa shape index (κ3) is 2.10. The molecule has 0 aromatic carbocycles. The molecule has 0 saturated carbocycles. The summed E-state index contributed by atoms with van der Waals surface area (Å²) in [6, 6.07) is 6.43. The summed E-state index contributed by atoms with van der Waals surface area (Å²) < 4.78 is 2.03. The highest BCUT2D eigenvalue weighted by atomic mass is 32.1. The minimum absolute atomic E-state index is 0.248. The van der Waals surface area contributed by atoms with Gasteiger partial charge in [0.05, 0.1) is 0 Å². The van der Waals surface area contributed by atoms with Crippen LogP contribution < -0.4 is 5.73 Å². The van der Waals surface area contributed by atoms with Crippen molar-refractivity contribution in [3.63, 3.8) is 0 Å². The molecule has 3 rings (SSSR count). The number of hydrogen-bond donors (Lipinski definition) is 1. The third-order valence-electron chi connectivity index (χ3n) is 3.33. The number of hydrogen-bond acceptors (Lipinski definition) is 4. The molecule has 0 aliphatic rings. The maximum absolute atomic E-state index is 6.07. The van der Waals surface area contributed by atoms with Crippen molar-refractivity contribution < 1.29 is 0 Å². The van der Waals surface area contributed by atoms with E-state index in [0.717, 1.165) is 23.1 Å². The molecule has 98 valence electrons. The second-order valence-corrected chi connectivity index (χ2v) is 5.80. The lowest BCUT2D eigenvalue weighted by molar-refractivity contribution is 0.567. The lowest BCUT2D eigenvalue weighted by atomic mass is 10.2. The molecule has 5 heteroatoms. The zero-order valence-electron chi connectivity index (χ0n) is 11.0. The first kappa shape index (κ1) is 12.2. The molecule has 3 heterocycles. The first-order chi connectivity index (χ1) is 9.16. The average molecular weight is 272 g/mol. The van der Waals surface area contributed by atoms with Gasteiger partial charge in [-0.25, -0.2) is 9.97 Å². The molecule has 0 fully saturated rings. The lowest BCUT2D eigenvalue weighted by Crippen LogP contribution is -2.11. The maximum atomic E-state index is 6.07. The molecule has 1 atom stereocenters. The number of thiophene rings is 1. The van der Waals surface area contributed by atoms with E-state index in [1.165, 1.54) is 4.88 Å². The van der Waals surface area contributed by atoms with Crippen LogP contribution in [0.3, 0.4) is 0 Å². The summed E-state index contributed by atoms with van der Waals surface area (Å²) in [6.07, 6.45) is 2.76. The number of aromatic nitrogens is 3. The maximum Gasteiger partial charge on any atom is 0.202 e. The zero-order valence-corrected chi connectivity index (χ0v) is 11.8. The van der Waals surface area contributed by atoms with Crippen LogP contribution in [0.1, 0.15) is 23.4 Å². The van der Waals surface area contributed by atoms with E-state index in [4.69, 9.17) is 5.73 Å². The Bertz CT molecular complexity index is 700. The van der Waals surface area contributed by atoms with E-state index in [-0.39, 0.29) is 6.04 Å². The predicted octanol–water partition coefficient (Wildman–Crippen LogP) is 3.19. The highest BCUT2D eigenvalue weighted by molar-refractivity contribution is 7.09. The first-order valence-corrected chi connectivity index (χ1v) is 7.16. The summed E-state index contributed by atoms with van der Waals surface area (Å²) >= 11 is 1.77. The van der Waals surface area contributed by atoms with Gasteiger partial charge in [-0.1, -0.05) is 6.07 Å². The van der Waals surface area contributed by atoms with E-state index in [2.05, 4.69) is 34.4 Å². The molecule has 0 aliphatic heterocycles. The van der Waals surface area contributed by atoms with Crippen molar-refractivity contribution in [2.75, 3.05) is 5.73 Å². The summed E-state index contributed by atoms with van der Waals surface area (Å²) in [6.45, 7) is 4.19. The van der Waals surface area contributed by atoms with Crippen LogP contribution >= 0.6 is 11.3 Å². The SMILES string of the molecule is Cc1ccnc2c1nc(N)n2C(C)Cc1cccs1. The summed E-state index contributed by atoms with van der Waals surface area (Å²) in [5.74, 6) is 0.542. The van der Waals surface area contributed by atoms with Gasteiger partial charge in [-0.05, 0) is 36.9 Å². The van der Waals surface area contributed by atoms with Crippen molar-refractivity contribution in [1.82, 2.24) is 14.5 Å². The van der Waals surface area contributed by atoms with Crippen LogP contribution in [0.2, 0.25) is 0 Å². The van der Waals surface area contributed by atoms with Gasteiger partial charge in [-0.15, -0.1) is 11.3 Å². The van der Waals surface area contributed by atoms with Crippen LogP contribution in [0.25, 0.3) is 11.2 Å². The number of rotatable bonds is 3. The number of nitrogen functional groups attached to an aromatic ring is 1. The molecule has 19 heavy (non-hydrogen) atoms. The largest absolute Gasteiger partial charge is 0.369 e.